The van der Waals surface area contributed by atoms with Crippen molar-refractivity contribution in [3.8, 4) is 0 Å². The standard InChI is InChI=1S/C13H15BrClN3/c1-8-5-4-6-9(11(8)15)12(16-2)13-10(14)7-17-18(13)3/h4-7,12,16H,1-3H3. The van der Waals surface area contributed by atoms with Gasteiger partial charge in [0.1, 0.15) is 0 Å². The lowest BCUT2D eigenvalue weighted by Gasteiger charge is -2.20. The summed E-state index contributed by atoms with van der Waals surface area (Å²) in [5.74, 6) is 0. The van der Waals surface area contributed by atoms with Gasteiger partial charge < -0.3 is 5.32 Å². The molecule has 0 spiro atoms. The molecule has 0 aliphatic carbocycles. The molecule has 2 rings (SSSR count). The molecule has 96 valence electrons. The van der Waals surface area contributed by atoms with Gasteiger partial charge in [-0.15, -0.1) is 0 Å². The van der Waals surface area contributed by atoms with Gasteiger partial charge in [-0.3, -0.25) is 4.68 Å². The second kappa shape index (κ2) is 5.43. The highest BCUT2D eigenvalue weighted by molar-refractivity contribution is 9.10. The first kappa shape index (κ1) is 13.6. The first-order valence-electron chi connectivity index (χ1n) is 5.66. The summed E-state index contributed by atoms with van der Waals surface area (Å²) in [6.45, 7) is 2.01. The van der Waals surface area contributed by atoms with Crippen LogP contribution in [0.15, 0.2) is 28.9 Å². The van der Waals surface area contributed by atoms with Gasteiger partial charge in [-0.2, -0.15) is 5.10 Å². The molecule has 1 aromatic carbocycles. The minimum absolute atomic E-state index is 0.0132. The van der Waals surface area contributed by atoms with E-state index >= 15 is 0 Å². The molecule has 0 fully saturated rings. The lowest BCUT2D eigenvalue weighted by Crippen LogP contribution is -2.21. The molecular formula is C13H15BrClN3. The molecule has 0 saturated heterocycles. The Balaban J connectivity index is 2.56. The van der Waals surface area contributed by atoms with Gasteiger partial charge in [0.15, 0.2) is 0 Å². The molecule has 1 atom stereocenters. The maximum Gasteiger partial charge on any atom is 0.0771 e. The average molecular weight is 329 g/mol. The minimum atomic E-state index is 0.0132. The summed E-state index contributed by atoms with van der Waals surface area (Å²) in [5.41, 5.74) is 3.20. The third-order valence-electron chi connectivity index (χ3n) is 3.03. The van der Waals surface area contributed by atoms with Crippen LogP contribution in [0.2, 0.25) is 5.02 Å². The molecule has 18 heavy (non-hydrogen) atoms. The molecule has 0 radical (unpaired) electrons. The number of hydrogen-bond donors (Lipinski definition) is 1. The van der Waals surface area contributed by atoms with Gasteiger partial charge in [0.05, 0.1) is 22.4 Å². The molecule has 0 aliphatic rings. The Morgan fingerprint density at radius 3 is 2.72 bits per heavy atom. The summed E-state index contributed by atoms with van der Waals surface area (Å²) < 4.78 is 2.83. The van der Waals surface area contributed by atoms with Crippen molar-refractivity contribution < 1.29 is 0 Å². The van der Waals surface area contributed by atoms with Crippen LogP contribution in [0.4, 0.5) is 0 Å². The van der Waals surface area contributed by atoms with E-state index in [1.807, 2.05) is 43.9 Å². The zero-order valence-corrected chi connectivity index (χ0v) is 12.9. The molecule has 3 nitrogen and oxygen atoms in total. The Bertz CT molecular complexity index is 546. The molecule has 0 bridgehead atoms. The molecule has 1 aromatic heterocycles. The van der Waals surface area contributed by atoms with Crippen LogP contribution in [-0.2, 0) is 7.05 Å². The van der Waals surface area contributed by atoms with Gasteiger partial charge in [-0.1, -0.05) is 29.8 Å². The van der Waals surface area contributed by atoms with Gasteiger partial charge >= 0.3 is 0 Å². The van der Waals surface area contributed by atoms with Crippen molar-refractivity contribution in [2.24, 2.45) is 7.05 Å². The SMILES string of the molecule is CNC(c1cccc(C)c1Cl)c1c(Br)cnn1C. The van der Waals surface area contributed by atoms with Gasteiger partial charge in [0, 0.05) is 12.1 Å². The van der Waals surface area contributed by atoms with E-state index in [9.17, 15) is 0 Å². The fourth-order valence-electron chi connectivity index (χ4n) is 2.08. The topological polar surface area (TPSA) is 29.9 Å². The lowest BCUT2D eigenvalue weighted by molar-refractivity contribution is 0.604. The van der Waals surface area contributed by atoms with E-state index in [-0.39, 0.29) is 6.04 Å². The Kier molecular flexibility index (Phi) is 4.10. The van der Waals surface area contributed by atoms with Crippen LogP contribution < -0.4 is 5.32 Å². The number of nitrogens with zero attached hydrogens (tertiary/aromatic N) is 2. The van der Waals surface area contributed by atoms with Crippen LogP contribution in [0.25, 0.3) is 0 Å². The van der Waals surface area contributed by atoms with Crippen LogP contribution in [0.5, 0.6) is 0 Å². The Hall–Kier alpha value is -0.840. The van der Waals surface area contributed by atoms with Gasteiger partial charge in [-0.05, 0) is 41.0 Å². The van der Waals surface area contributed by atoms with E-state index in [2.05, 4.69) is 26.3 Å². The highest BCUT2D eigenvalue weighted by Gasteiger charge is 2.21. The van der Waals surface area contributed by atoms with Crippen molar-refractivity contribution in [3.63, 3.8) is 0 Å². The number of halogens is 2. The van der Waals surface area contributed by atoms with E-state index in [4.69, 9.17) is 11.6 Å². The summed E-state index contributed by atoms with van der Waals surface area (Å²) in [5, 5.41) is 8.34. The quantitative estimate of drug-likeness (QED) is 0.935. The molecule has 5 heteroatoms. The average Bonchev–Trinajstić information content (AvgIpc) is 2.67. The predicted molar refractivity (Wildman–Crippen MR) is 78.0 cm³/mol. The van der Waals surface area contributed by atoms with Crippen molar-refractivity contribution in [1.29, 1.82) is 0 Å². The van der Waals surface area contributed by atoms with Gasteiger partial charge in [-0.25, -0.2) is 0 Å². The Morgan fingerprint density at radius 1 is 1.44 bits per heavy atom. The zero-order chi connectivity index (χ0) is 13.3. The van der Waals surface area contributed by atoms with E-state index in [1.54, 1.807) is 6.20 Å². The number of benzene rings is 1. The molecule has 0 aliphatic heterocycles. The molecular weight excluding hydrogens is 314 g/mol. The maximum absolute atomic E-state index is 6.40. The number of hydrogen-bond acceptors (Lipinski definition) is 2. The highest BCUT2D eigenvalue weighted by Crippen LogP contribution is 2.33. The summed E-state index contributed by atoms with van der Waals surface area (Å²) in [7, 11) is 3.84. The van der Waals surface area contributed by atoms with Crippen molar-refractivity contribution in [2.45, 2.75) is 13.0 Å². The molecule has 0 amide bonds. The van der Waals surface area contributed by atoms with Crippen LogP contribution in [-0.4, -0.2) is 16.8 Å². The molecule has 1 N–H and O–H groups in total. The number of aryl methyl sites for hydroxylation is 2. The largest absolute Gasteiger partial charge is 0.308 e. The maximum atomic E-state index is 6.40. The smallest absolute Gasteiger partial charge is 0.0771 e. The normalized spacial score (nSPS) is 12.7. The second-order valence-electron chi connectivity index (χ2n) is 4.20. The Morgan fingerprint density at radius 2 is 2.17 bits per heavy atom. The summed E-state index contributed by atoms with van der Waals surface area (Å²) >= 11 is 9.94. The van der Waals surface area contributed by atoms with Crippen molar-refractivity contribution in [2.75, 3.05) is 7.05 Å². The van der Waals surface area contributed by atoms with E-state index in [0.717, 1.165) is 26.3 Å². The van der Waals surface area contributed by atoms with Crippen LogP contribution in [0, 0.1) is 6.92 Å². The fourth-order valence-corrected chi connectivity index (χ4v) is 2.89. The monoisotopic (exact) mass is 327 g/mol. The van der Waals surface area contributed by atoms with Crippen molar-refractivity contribution >= 4 is 27.5 Å². The summed E-state index contributed by atoms with van der Waals surface area (Å²) in [6.07, 6.45) is 1.80. The van der Waals surface area contributed by atoms with Crippen LogP contribution >= 0.6 is 27.5 Å². The molecule has 0 saturated carbocycles. The van der Waals surface area contributed by atoms with Crippen LogP contribution in [0.3, 0.4) is 0 Å². The molecule has 1 heterocycles. The lowest BCUT2D eigenvalue weighted by atomic mass is 10.0. The summed E-state index contributed by atoms with van der Waals surface area (Å²) in [4.78, 5) is 0. The number of rotatable bonds is 3. The van der Waals surface area contributed by atoms with Gasteiger partial charge in [0.25, 0.3) is 0 Å². The van der Waals surface area contributed by atoms with Crippen LogP contribution in [0.1, 0.15) is 22.9 Å². The second-order valence-corrected chi connectivity index (χ2v) is 5.43. The predicted octanol–water partition coefficient (Wildman–Crippen LogP) is 3.45. The molecule has 2 aromatic rings. The van der Waals surface area contributed by atoms with Crippen molar-refractivity contribution in [3.05, 3.63) is 50.7 Å². The first-order chi connectivity index (χ1) is 8.56. The highest BCUT2D eigenvalue weighted by atomic mass is 79.9. The van der Waals surface area contributed by atoms with Gasteiger partial charge in [0.2, 0.25) is 0 Å². The summed E-state index contributed by atoms with van der Waals surface area (Å²) in [6, 6.07) is 6.08. The third kappa shape index (κ3) is 2.32. The first-order valence-corrected chi connectivity index (χ1v) is 6.83. The fraction of sp³-hybridized carbons (Fsp3) is 0.308. The zero-order valence-electron chi connectivity index (χ0n) is 10.5. The number of aromatic nitrogens is 2. The molecule has 1 unspecified atom stereocenters. The van der Waals surface area contributed by atoms with E-state index in [1.165, 1.54) is 0 Å². The van der Waals surface area contributed by atoms with E-state index < -0.39 is 0 Å². The Labute approximate surface area is 120 Å². The van der Waals surface area contributed by atoms with E-state index in [0.29, 0.717) is 0 Å². The van der Waals surface area contributed by atoms with Crippen molar-refractivity contribution in [1.82, 2.24) is 15.1 Å². The third-order valence-corrected chi connectivity index (χ3v) is 4.16. The number of nitrogens with one attached hydrogen (secondary N) is 1. The minimum Gasteiger partial charge on any atom is -0.308 e.